The molecule has 2 aromatic carbocycles. The maximum atomic E-state index is 15.3. The number of carbonyl (C=O) groups is 16. The molecule has 5 saturated heterocycles. The number of benzene rings is 2. The van der Waals surface area contributed by atoms with Gasteiger partial charge in [0.2, 0.25) is 88.6 Å². The first-order chi connectivity index (χ1) is 49.6. The first-order valence-electron chi connectivity index (χ1n) is 35.0. The molecule has 5 fully saturated rings. The fourth-order valence-corrected chi connectivity index (χ4v) is 15.2. The number of unbranched alkanes of at least 4 members (excludes halogenated alkanes) is 1. The molecule has 2 aromatic rings. The van der Waals surface area contributed by atoms with E-state index >= 15 is 19.2 Å². The molecular weight excluding hydrogens is 1390 g/mol. The second-order valence-corrected chi connectivity index (χ2v) is 29.0. The number of nitrogens with one attached hydrogen (secondary N) is 11. The van der Waals surface area contributed by atoms with Gasteiger partial charge >= 0.3 is 5.97 Å². The van der Waals surface area contributed by atoms with E-state index in [1.807, 2.05) is 0 Å². The van der Waals surface area contributed by atoms with Gasteiger partial charge in [-0.3, -0.25) is 76.7 Å². The number of carboxylic acids is 1. The van der Waals surface area contributed by atoms with Gasteiger partial charge in [0, 0.05) is 44.0 Å². The summed E-state index contributed by atoms with van der Waals surface area (Å²) in [6, 6.07) is -4.02. The zero-order chi connectivity index (χ0) is 75.9. The number of aliphatic hydroxyl groups is 2. The van der Waals surface area contributed by atoms with Crippen LogP contribution in [0.5, 0.6) is 0 Å². The van der Waals surface area contributed by atoms with Gasteiger partial charge in [-0.2, -0.15) is 0 Å². The highest BCUT2D eigenvalue weighted by Gasteiger charge is 2.47. The highest BCUT2D eigenvalue weighted by Crippen LogP contribution is 2.29. The van der Waals surface area contributed by atoms with Crippen molar-refractivity contribution < 1.29 is 92.0 Å². The Morgan fingerprint density at radius 1 is 0.500 bits per heavy atom. The molecule has 5 heterocycles. The van der Waals surface area contributed by atoms with Crippen molar-refractivity contribution >= 4 is 116 Å². The Balaban J connectivity index is 1.34. The summed E-state index contributed by atoms with van der Waals surface area (Å²) in [6.07, 6.45) is -2.22. The number of rotatable bonds is 15. The number of amides is 15. The lowest BCUT2D eigenvalue weighted by Gasteiger charge is -2.34. The number of hydrogen-bond donors (Lipinski definition) is 15. The van der Waals surface area contributed by atoms with E-state index in [-0.39, 0.29) is 90.3 Å². The standard InChI is InChI=1S/C68H95N15O19S2/c1-5-7-21-40-57(91)72-41(28-38-17-10-8-11-18-38)58(92)76-45(33-84)59(93)75-44(31-53(88)89)67(101)83-27-16-24-50(83)68(102)82-26-15-23-49(82)63(97)80-54(36(3)6-2)64(98)77-47-35-104-103-34-46(60(94)71-40)78-65(99)55(37(4)85)79-52(87)32-70-56(90)42(30-51(69)86)73-62(96)48-22-14-25-81(48)66(100)43(74-61(47)95)29-39-19-12-9-13-20-39/h8-13,17-20,36-37,40-50,54-55,84-85H,5-7,14-16,21-35H2,1-4H3,(H2,69,86)(H,70,90)(H,71,94)(H,72,91)(H,73,96)(H,74,95)(H,75,93)(H,76,92)(H,77,98)(H,78,99)(H,79,87)(H,80,97)(H,88,89)/t36-,37+,40?,41-,42-,43-,44-,45-,46-,47-,48-,49-,50-,54-,55-/m0/s1. The summed E-state index contributed by atoms with van der Waals surface area (Å²) < 4.78 is 0. The number of aliphatic hydroxyl groups excluding tert-OH is 2. The molecule has 104 heavy (non-hydrogen) atoms. The highest BCUT2D eigenvalue weighted by molar-refractivity contribution is 8.76. The topological polar surface area (TPSA) is 502 Å². The quantitative estimate of drug-likeness (QED) is 0.0752. The minimum absolute atomic E-state index is 0.00759. The maximum absolute atomic E-state index is 15.3. The largest absolute Gasteiger partial charge is 0.481 e. The van der Waals surface area contributed by atoms with Crippen LogP contribution in [0, 0.1) is 5.92 Å². The van der Waals surface area contributed by atoms with E-state index < -0.39 is 223 Å². The fraction of sp³-hybridized carbons (Fsp3) is 0.588. The smallest absolute Gasteiger partial charge is 0.305 e. The summed E-state index contributed by atoms with van der Waals surface area (Å²) in [7, 11) is 1.73. The van der Waals surface area contributed by atoms with E-state index in [9.17, 15) is 72.9 Å². The van der Waals surface area contributed by atoms with E-state index in [2.05, 4.69) is 58.5 Å². The van der Waals surface area contributed by atoms with Crippen molar-refractivity contribution in [2.75, 3.05) is 44.3 Å². The molecule has 0 aromatic heterocycles. The lowest BCUT2D eigenvalue weighted by atomic mass is 9.97. The number of fused-ring (bicyclic) bond motifs is 8. The molecule has 5 aliphatic heterocycles. The molecule has 16 N–H and O–H groups in total. The number of primary amides is 1. The molecule has 0 saturated carbocycles. The lowest BCUT2D eigenvalue weighted by Crippen LogP contribution is -2.62. The zero-order valence-electron chi connectivity index (χ0n) is 58.4. The molecule has 0 radical (unpaired) electrons. The molecule has 568 valence electrons. The first-order valence-corrected chi connectivity index (χ1v) is 37.4. The van der Waals surface area contributed by atoms with Crippen molar-refractivity contribution in [3.8, 4) is 0 Å². The van der Waals surface area contributed by atoms with Crippen LogP contribution in [0.1, 0.15) is 116 Å². The van der Waals surface area contributed by atoms with Gasteiger partial charge in [0.05, 0.1) is 32.1 Å². The molecular formula is C68H95N15O19S2. The normalized spacial score (nSPS) is 28.4. The van der Waals surface area contributed by atoms with E-state index in [1.165, 1.54) is 9.80 Å². The fourth-order valence-electron chi connectivity index (χ4n) is 12.9. The van der Waals surface area contributed by atoms with Gasteiger partial charge in [0.1, 0.15) is 78.5 Å². The first kappa shape index (κ1) is 81.9. The van der Waals surface area contributed by atoms with Crippen molar-refractivity contribution in [1.82, 2.24) is 73.2 Å². The second-order valence-electron chi connectivity index (χ2n) is 26.5. The molecule has 7 rings (SSSR count). The lowest BCUT2D eigenvalue weighted by molar-refractivity contribution is -0.150. The maximum Gasteiger partial charge on any atom is 0.305 e. The van der Waals surface area contributed by atoms with E-state index in [0.717, 1.165) is 33.4 Å². The van der Waals surface area contributed by atoms with Crippen LogP contribution in [0.4, 0.5) is 0 Å². The molecule has 5 aliphatic rings. The Hall–Kier alpha value is -9.42. The van der Waals surface area contributed by atoms with Crippen molar-refractivity contribution in [3.63, 3.8) is 0 Å². The Kier molecular flexibility index (Phi) is 31.1. The SMILES string of the molecule is CCCCC1NC(=O)[C@@H]2CSSC[C@H](NC(=O)[C@H]([C@@H](C)CC)NC(=O)[C@@H]3CCCN3C(=O)[C@@H]3CCCN3C(=O)[C@H](CC(=O)O)NC(=O)[C@H](CO)NC(=O)[C@H](Cc3ccccc3)NC1=O)C(=O)N[C@@H](Cc1ccccc1)C(=O)N1CCC[C@H]1C(=O)N[C@@H](CC(N)=O)C(=O)NCC(=O)N[C@@H]([C@@H](C)O)C(=O)N2. The minimum atomic E-state index is -1.90. The third kappa shape index (κ3) is 22.8. The molecule has 2 bridgehead atoms. The summed E-state index contributed by atoms with van der Waals surface area (Å²) in [5.41, 5.74) is 6.53. The number of carboxylic acid groups (broad SMARTS) is 1. The summed E-state index contributed by atoms with van der Waals surface area (Å²) in [6.45, 7) is 4.11. The number of hydrogen-bond acceptors (Lipinski definition) is 20. The van der Waals surface area contributed by atoms with Crippen LogP contribution in [0.2, 0.25) is 0 Å². The summed E-state index contributed by atoms with van der Waals surface area (Å²) >= 11 is 0. The van der Waals surface area contributed by atoms with Crippen LogP contribution in [0.25, 0.3) is 0 Å². The van der Waals surface area contributed by atoms with Gasteiger partial charge in [-0.15, -0.1) is 0 Å². The summed E-state index contributed by atoms with van der Waals surface area (Å²) in [4.78, 5) is 233. The van der Waals surface area contributed by atoms with Gasteiger partial charge < -0.3 is 94.2 Å². The van der Waals surface area contributed by atoms with Crippen LogP contribution in [0.15, 0.2) is 60.7 Å². The molecule has 36 heteroatoms. The third-order valence-electron chi connectivity index (χ3n) is 18.8. The monoisotopic (exact) mass is 1490 g/mol. The minimum Gasteiger partial charge on any atom is -0.481 e. The van der Waals surface area contributed by atoms with Crippen molar-refractivity contribution in [2.24, 2.45) is 11.7 Å². The van der Waals surface area contributed by atoms with Crippen molar-refractivity contribution in [1.29, 1.82) is 0 Å². The molecule has 1 unspecified atom stereocenters. The van der Waals surface area contributed by atoms with Gasteiger partial charge in [-0.25, -0.2) is 0 Å². The molecule has 15 amide bonds. The zero-order valence-corrected chi connectivity index (χ0v) is 60.0. The van der Waals surface area contributed by atoms with Gasteiger partial charge in [0.25, 0.3) is 0 Å². The Morgan fingerprint density at radius 2 is 0.952 bits per heavy atom. The average Bonchev–Trinajstić information content (AvgIpc) is 1.63. The number of aliphatic carboxylic acids is 1. The van der Waals surface area contributed by atoms with E-state index in [0.29, 0.717) is 17.5 Å². The predicted octanol–water partition coefficient (Wildman–Crippen LogP) is -4.22. The number of nitrogens with two attached hydrogens (primary N) is 1. The van der Waals surface area contributed by atoms with E-state index in [4.69, 9.17) is 5.73 Å². The Labute approximate surface area is 608 Å². The van der Waals surface area contributed by atoms with Crippen LogP contribution in [-0.2, 0) is 89.6 Å². The molecule has 34 nitrogen and oxygen atoms in total. The molecule has 0 aliphatic carbocycles. The summed E-state index contributed by atoms with van der Waals surface area (Å²) in [5, 5.41) is 59.7. The second kappa shape index (κ2) is 39.5. The molecule has 0 spiro atoms. The van der Waals surface area contributed by atoms with Gasteiger partial charge in [0.15, 0.2) is 0 Å². The third-order valence-corrected chi connectivity index (χ3v) is 21.2. The highest BCUT2D eigenvalue weighted by atomic mass is 33.1. The van der Waals surface area contributed by atoms with Gasteiger partial charge in [-0.05, 0) is 68.9 Å². The summed E-state index contributed by atoms with van der Waals surface area (Å²) in [5.74, 6) is -18.0. The van der Waals surface area contributed by atoms with Crippen LogP contribution in [-0.4, -0.2) is 254 Å². The van der Waals surface area contributed by atoms with Crippen molar-refractivity contribution in [2.45, 2.75) is 202 Å². The Morgan fingerprint density at radius 3 is 1.48 bits per heavy atom. The molecule has 15 atom stereocenters. The number of nitrogens with zero attached hydrogens (tertiary/aromatic N) is 3. The van der Waals surface area contributed by atoms with Gasteiger partial charge in [-0.1, -0.05) is 122 Å². The van der Waals surface area contributed by atoms with Crippen LogP contribution >= 0.6 is 21.6 Å². The number of carbonyl (C=O) groups excluding carboxylic acids is 15. The van der Waals surface area contributed by atoms with E-state index in [1.54, 1.807) is 81.4 Å². The Bertz CT molecular complexity index is 3470. The van der Waals surface area contributed by atoms with Crippen LogP contribution in [0.3, 0.4) is 0 Å². The predicted molar refractivity (Wildman–Crippen MR) is 376 cm³/mol. The van der Waals surface area contributed by atoms with Crippen molar-refractivity contribution in [3.05, 3.63) is 71.8 Å². The average molecular weight is 1490 g/mol. The van der Waals surface area contributed by atoms with Crippen LogP contribution < -0.4 is 64.2 Å².